The molecule has 0 saturated carbocycles. The first-order chi connectivity index (χ1) is 11.4. The highest BCUT2D eigenvalue weighted by atomic mass is 35.5. The number of aliphatic hydroxyl groups is 2. The smallest absolute Gasteiger partial charge is 0.264 e. The van der Waals surface area contributed by atoms with E-state index in [1.807, 2.05) is 0 Å². The highest BCUT2D eigenvalue weighted by Crippen LogP contribution is 2.47. The highest BCUT2D eigenvalue weighted by molar-refractivity contribution is 6.26. The number of nitrogen functional groups attached to an aromatic ring is 1. The molecule has 10 heteroatoms. The van der Waals surface area contributed by atoms with E-state index in [0.29, 0.717) is 0 Å². The number of terminal acetylenes is 1. The van der Waals surface area contributed by atoms with Crippen LogP contribution in [-0.2, 0) is 4.74 Å². The monoisotopic (exact) mass is 356 g/mol. The number of aromatic nitrogens is 3. The van der Waals surface area contributed by atoms with Crippen molar-refractivity contribution in [2.45, 2.75) is 17.2 Å². The van der Waals surface area contributed by atoms with Gasteiger partial charge >= 0.3 is 0 Å². The topological polar surface area (TPSA) is 126 Å². The van der Waals surface area contributed by atoms with E-state index in [4.69, 9.17) is 28.5 Å². The Kier molecular flexibility index (Phi) is 4.01. The van der Waals surface area contributed by atoms with Crippen molar-refractivity contribution in [1.29, 1.82) is 0 Å². The molecule has 0 bridgehead atoms. The molecule has 1 saturated heterocycles. The predicted octanol–water partition coefficient (Wildman–Crippen LogP) is -0.445. The fraction of sp³-hybridized carbons (Fsp3) is 0.429. The van der Waals surface area contributed by atoms with Gasteiger partial charge in [-0.3, -0.25) is 14.3 Å². The predicted molar refractivity (Wildman–Crippen MR) is 83.7 cm³/mol. The number of anilines is 1. The van der Waals surface area contributed by atoms with Gasteiger partial charge in [0.2, 0.25) is 5.95 Å². The van der Waals surface area contributed by atoms with Gasteiger partial charge in [-0.15, -0.1) is 6.42 Å². The molecule has 0 spiro atoms. The molecule has 24 heavy (non-hydrogen) atoms. The van der Waals surface area contributed by atoms with Crippen molar-refractivity contribution >= 4 is 28.6 Å². The van der Waals surface area contributed by atoms with Crippen LogP contribution in [0.3, 0.4) is 0 Å². The molecule has 2 aromatic heterocycles. The van der Waals surface area contributed by atoms with Crippen LogP contribution in [0.15, 0.2) is 11.0 Å². The quantitative estimate of drug-likeness (QED) is 0.436. The molecule has 3 heterocycles. The van der Waals surface area contributed by atoms with Crippen LogP contribution >= 0.6 is 11.6 Å². The fourth-order valence-corrected chi connectivity index (χ4v) is 3.35. The highest BCUT2D eigenvalue weighted by Gasteiger charge is 2.55. The van der Waals surface area contributed by atoms with Crippen molar-refractivity contribution in [2.24, 2.45) is 5.92 Å². The molecule has 3 rings (SSSR count). The van der Waals surface area contributed by atoms with Crippen LogP contribution in [0.4, 0.5) is 10.3 Å². The standard InChI is InChI=1S/C14H14ClFN4O4/c1-2-14(15)6(4-21)8(5-22)24-12(14)20-3-7(16)9-10(20)18-13(17)19-11(9)23/h1,3,6,8,12,21-22H,4-5H2,(H3,17,18,19,23)/t6?,8-,12-,14?/m1/s1. The largest absolute Gasteiger partial charge is 0.396 e. The van der Waals surface area contributed by atoms with E-state index in [2.05, 4.69) is 15.9 Å². The zero-order valence-corrected chi connectivity index (χ0v) is 13.0. The zero-order valence-electron chi connectivity index (χ0n) is 12.2. The van der Waals surface area contributed by atoms with E-state index in [1.54, 1.807) is 0 Å². The first-order valence-corrected chi connectivity index (χ1v) is 7.34. The fourth-order valence-electron chi connectivity index (χ4n) is 2.99. The Morgan fingerprint density at radius 2 is 2.29 bits per heavy atom. The molecule has 1 aliphatic heterocycles. The molecule has 0 radical (unpaired) electrons. The third-order valence-corrected chi connectivity index (χ3v) is 4.73. The number of nitrogens with two attached hydrogens (primary N) is 1. The molecule has 0 aromatic carbocycles. The summed E-state index contributed by atoms with van der Waals surface area (Å²) >= 11 is 6.46. The molecule has 5 N–H and O–H groups in total. The minimum atomic E-state index is -1.58. The molecule has 128 valence electrons. The van der Waals surface area contributed by atoms with Gasteiger partial charge in [-0.2, -0.15) is 4.98 Å². The Morgan fingerprint density at radius 1 is 1.58 bits per heavy atom. The summed E-state index contributed by atoms with van der Waals surface area (Å²) in [7, 11) is 0. The van der Waals surface area contributed by atoms with E-state index >= 15 is 0 Å². The second kappa shape index (κ2) is 5.75. The number of nitrogens with one attached hydrogen (secondary N) is 1. The van der Waals surface area contributed by atoms with Crippen LogP contribution in [0.5, 0.6) is 0 Å². The Balaban J connectivity index is 2.24. The van der Waals surface area contributed by atoms with Gasteiger partial charge in [0.05, 0.1) is 19.3 Å². The number of aromatic amines is 1. The summed E-state index contributed by atoms with van der Waals surface area (Å²) in [5.74, 6) is 0.457. The Bertz CT molecular complexity index is 891. The molecule has 4 atom stereocenters. The van der Waals surface area contributed by atoms with Crippen molar-refractivity contribution in [3.63, 3.8) is 0 Å². The number of nitrogens with zero attached hydrogens (tertiary/aromatic N) is 2. The number of rotatable bonds is 3. The number of hydrogen-bond acceptors (Lipinski definition) is 6. The lowest BCUT2D eigenvalue weighted by Crippen LogP contribution is -2.38. The van der Waals surface area contributed by atoms with E-state index in [0.717, 1.165) is 10.8 Å². The number of H-pyrrole nitrogens is 1. The SMILES string of the molecule is C#CC1(Cl)C(CO)[C@@H](CO)O[C@H]1n1cc(F)c2c(=O)[nH]c(N)nc21. The van der Waals surface area contributed by atoms with Crippen LogP contribution in [0.1, 0.15) is 6.23 Å². The second-order valence-electron chi connectivity index (χ2n) is 5.45. The van der Waals surface area contributed by atoms with Gasteiger partial charge in [0, 0.05) is 12.1 Å². The first kappa shape index (κ1) is 16.7. The summed E-state index contributed by atoms with van der Waals surface area (Å²) in [6, 6.07) is 0. The Morgan fingerprint density at radius 3 is 2.88 bits per heavy atom. The molecule has 2 aromatic rings. The van der Waals surface area contributed by atoms with Crippen molar-refractivity contribution in [3.8, 4) is 12.3 Å². The summed E-state index contributed by atoms with van der Waals surface area (Å²) in [5.41, 5.74) is 4.65. The van der Waals surface area contributed by atoms with Crippen LogP contribution in [0.2, 0.25) is 0 Å². The average Bonchev–Trinajstić information content (AvgIpc) is 3.01. The second-order valence-corrected chi connectivity index (χ2v) is 6.07. The number of fused-ring (bicyclic) bond motifs is 1. The molecular formula is C14H14ClFN4O4. The maximum Gasteiger partial charge on any atom is 0.264 e. The van der Waals surface area contributed by atoms with E-state index in [1.165, 1.54) is 0 Å². The minimum absolute atomic E-state index is 0.102. The van der Waals surface area contributed by atoms with Gasteiger partial charge in [-0.25, -0.2) is 4.39 Å². The van der Waals surface area contributed by atoms with Gasteiger partial charge in [0.1, 0.15) is 5.39 Å². The Labute approximate surface area is 140 Å². The lowest BCUT2D eigenvalue weighted by atomic mass is 9.89. The van der Waals surface area contributed by atoms with Crippen molar-refractivity contribution in [2.75, 3.05) is 18.9 Å². The number of alkyl halides is 1. The molecular weight excluding hydrogens is 343 g/mol. The van der Waals surface area contributed by atoms with Gasteiger partial charge in [-0.1, -0.05) is 17.5 Å². The summed E-state index contributed by atoms with van der Waals surface area (Å²) in [6.45, 7) is -0.900. The van der Waals surface area contributed by atoms with Crippen molar-refractivity contribution in [3.05, 3.63) is 22.4 Å². The summed E-state index contributed by atoms with van der Waals surface area (Å²) in [6.07, 6.45) is 4.45. The van der Waals surface area contributed by atoms with Gasteiger partial charge in [-0.05, 0) is 0 Å². The Hall–Kier alpha value is -2.12. The molecule has 1 fully saturated rings. The van der Waals surface area contributed by atoms with E-state index < -0.39 is 47.7 Å². The van der Waals surface area contributed by atoms with Gasteiger partial charge in [0.15, 0.2) is 22.6 Å². The lowest BCUT2D eigenvalue weighted by Gasteiger charge is -2.27. The summed E-state index contributed by atoms with van der Waals surface area (Å²) in [4.78, 5) is 16.4. The molecule has 0 amide bonds. The van der Waals surface area contributed by atoms with Gasteiger partial charge < -0.3 is 20.7 Å². The van der Waals surface area contributed by atoms with E-state index in [9.17, 15) is 19.4 Å². The summed E-state index contributed by atoms with van der Waals surface area (Å²) in [5, 5.41) is 18.7. The van der Waals surface area contributed by atoms with Crippen LogP contribution in [0.25, 0.3) is 11.0 Å². The third kappa shape index (κ3) is 2.19. The number of hydrogen-bond donors (Lipinski definition) is 4. The number of ether oxygens (including phenoxy) is 1. The van der Waals surface area contributed by atoms with Crippen LogP contribution < -0.4 is 11.3 Å². The van der Waals surface area contributed by atoms with Crippen LogP contribution in [0, 0.1) is 24.1 Å². The van der Waals surface area contributed by atoms with E-state index in [-0.39, 0.29) is 17.0 Å². The van der Waals surface area contributed by atoms with Crippen molar-refractivity contribution in [1.82, 2.24) is 14.5 Å². The molecule has 0 aliphatic carbocycles. The van der Waals surface area contributed by atoms with Gasteiger partial charge in [0.25, 0.3) is 5.56 Å². The maximum absolute atomic E-state index is 14.2. The number of aliphatic hydroxyl groups excluding tert-OH is 2. The van der Waals surface area contributed by atoms with Crippen molar-refractivity contribution < 1.29 is 19.3 Å². The third-order valence-electron chi connectivity index (χ3n) is 4.16. The zero-order chi connectivity index (χ0) is 17.6. The lowest BCUT2D eigenvalue weighted by molar-refractivity contribution is -0.0346. The minimum Gasteiger partial charge on any atom is -0.396 e. The normalized spacial score (nSPS) is 29.9. The maximum atomic E-state index is 14.2. The molecule has 2 unspecified atom stereocenters. The first-order valence-electron chi connectivity index (χ1n) is 6.97. The number of halogens is 2. The van der Waals surface area contributed by atoms with Crippen LogP contribution in [-0.4, -0.2) is 48.9 Å². The molecule has 1 aliphatic rings. The average molecular weight is 357 g/mol. The summed E-state index contributed by atoms with van der Waals surface area (Å²) < 4.78 is 21.0. The molecule has 8 nitrogen and oxygen atoms in total.